The molecule has 4 rings (SSSR count). The second kappa shape index (κ2) is 7.64. The maximum Gasteiger partial charge on any atom is 0.270 e. The average molecular weight is 369 g/mol. The molecule has 27 heavy (non-hydrogen) atoms. The maximum atomic E-state index is 12.8. The third-order valence-corrected chi connectivity index (χ3v) is 5.65. The van der Waals surface area contributed by atoms with Crippen molar-refractivity contribution in [3.63, 3.8) is 0 Å². The van der Waals surface area contributed by atoms with Crippen LogP contribution in [0.15, 0.2) is 42.6 Å². The number of carbonyl (C=O) groups excluding carboxylic acids is 1. The minimum absolute atomic E-state index is 0.0308. The number of rotatable bonds is 3. The largest absolute Gasteiger partial charge is 0.497 e. The molecule has 2 aliphatic rings. The first kappa shape index (κ1) is 17.9. The number of aromatic nitrogens is 1. The first-order valence-corrected chi connectivity index (χ1v) is 9.59. The second-order valence-electron chi connectivity index (χ2n) is 7.59. The summed E-state index contributed by atoms with van der Waals surface area (Å²) in [6, 6.07) is 11.9. The van der Waals surface area contributed by atoms with Crippen molar-refractivity contribution in [3.05, 3.63) is 48.3 Å². The van der Waals surface area contributed by atoms with Gasteiger partial charge in [-0.3, -0.25) is 4.79 Å². The molecule has 2 aromatic rings. The molecule has 1 amide bonds. The Morgan fingerprint density at radius 3 is 2.78 bits per heavy atom. The molecule has 0 radical (unpaired) electrons. The highest BCUT2D eigenvalue weighted by molar-refractivity contribution is 5.92. The van der Waals surface area contributed by atoms with Crippen molar-refractivity contribution < 1.29 is 14.3 Å². The van der Waals surface area contributed by atoms with Crippen LogP contribution in [0.3, 0.4) is 0 Å². The number of likely N-dealkylation sites (tertiary alicyclic amines) is 1. The number of benzene rings is 1. The lowest BCUT2D eigenvalue weighted by Gasteiger charge is -2.43. The van der Waals surface area contributed by atoms with Crippen LogP contribution in [-0.2, 0) is 4.74 Å². The molecule has 0 saturated carbocycles. The Morgan fingerprint density at radius 1 is 1.19 bits per heavy atom. The van der Waals surface area contributed by atoms with E-state index in [1.54, 1.807) is 13.3 Å². The van der Waals surface area contributed by atoms with E-state index in [1.165, 1.54) is 5.69 Å². The molecule has 0 bridgehead atoms. The topological polar surface area (TPSA) is 57.8 Å². The van der Waals surface area contributed by atoms with Gasteiger partial charge in [0.2, 0.25) is 0 Å². The number of amides is 1. The van der Waals surface area contributed by atoms with Crippen LogP contribution in [0, 0.1) is 5.41 Å². The summed E-state index contributed by atoms with van der Waals surface area (Å²) in [5.41, 5.74) is 1.80. The number of nitrogens with one attached hydrogen (secondary N) is 1. The Kier molecular flexibility index (Phi) is 5.07. The fraction of sp³-hybridized carbons (Fsp3) is 0.476. The van der Waals surface area contributed by atoms with Gasteiger partial charge in [-0.25, -0.2) is 0 Å². The number of hydrogen-bond donors (Lipinski definition) is 1. The van der Waals surface area contributed by atoms with Crippen LogP contribution >= 0.6 is 0 Å². The van der Waals surface area contributed by atoms with Gasteiger partial charge in [0.25, 0.3) is 5.91 Å². The maximum absolute atomic E-state index is 12.8. The van der Waals surface area contributed by atoms with Gasteiger partial charge in [-0.2, -0.15) is 0 Å². The Labute approximate surface area is 160 Å². The summed E-state index contributed by atoms with van der Waals surface area (Å²) in [6.07, 6.45) is 3.88. The molecule has 6 heteroatoms. The van der Waals surface area contributed by atoms with Gasteiger partial charge in [-0.15, -0.1) is 0 Å². The number of piperidine rings is 1. The van der Waals surface area contributed by atoms with Gasteiger partial charge in [0, 0.05) is 43.5 Å². The molecule has 144 valence electrons. The average Bonchev–Trinajstić information content (AvgIpc) is 3.17. The molecule has 1 aromatic heterocycles. The lowest BCUT2D eigenvalue weighted by atomic mass is 9.80. The molecule has 1 unspecified atom stereocenters. The van der Waals surface area contributed by atoms with Crippen molar-refractivity contribution in [1.29, 1.82) is 0 Å². The molecule has 6 nitrogen and oxygen atoms in total. The first-order chi connectivity index (χ1) is 13.2. The van der Waals surface area contributed by atoms with Crippen molar-refractivity contribution in [2.24, 2.45) is 5.41 Å². The van der Waals surface area contributed by atoms with Crippen molar-refractivity contribution in [2.75, 3.05) is 51.4 Å². The Hall–Kier alpha value is -2.47. The molecule has 1 N–H and O–H groups in total. The third kappa shape index (κ3) is 3.81. The first-order valence-electron chi connectivity index (χ1n) is 9.59. The van der Waals surface area contributed by atoms with E-state index in [0.717, 1.165) is 44.8 Å². The summed E-state index contributed by atoms with van der Waals surface area (Å²) >= 11 is 0. The van der Waals surface area contributed by atoms with E-state index in [1.807, 2.05) is 29.2 Å². The number of nitrogens with zero attached hydrogens (tertiary/aromatic N) is 2. The van der Waals surface area contributed by atoms with Crippen LogP contribution in [-0.4, -0.2) is 62.3 Å². The smallest absolute Gasteiger partial charge is 0.270 e. The summed E-state index contributed by atoms with van der Waals surface area (Å²) < 4.78 is 11.3. The Morgan fingerprint density at radius 2 is 2.04 bits per heavy atom. The molecule has 1 aromatic carbocycles. The van der Waals surface area contributed by atoms with E-state index in [0.29, 0.717) is 18.9 Å². The molecule has 3 heterocycles. The molecule has 0 aliphatic carbocycles. The van der Waals surface area contributed by atoms with E-state index < -0.39 is 0 Å². The van der Waals surface area contributed by atoms with Crippen LogP contribution < -0.4 is 9.64 Å². The Bertz CT molecular complexity index is 759. The van der Waals surface area contributed by atoms with Crippen molar-refractivity contribution in [2.45, 2.75) is 12.8 Å². The van der Waals surface area contributed by atoms with Gasteiger partial charge >= 0.3 is 0 Å². The van der Waals surface area contributed by atoms with Crippen LogP contribution in [0.4, 0.5) is 5.69 Å². The number of carbonyl (C=O) groups is 1. The van der Waals surface area contributed by atoms with Gasteiger partial charge in [0.15, 0.2) is 0 Å². The van der Waals surface area contributed by atoms with Crippen LogP contribution in [0.5, 0.6) is 5.75 Å². The highest BCUT2D eigenvalue weighted by atomic mass is 16.5. The number of ether oxygens (including phenoxy) is 2. The predicted octanol–water partition coefficient (Wildman–Crippen LogP) is 2.78. The standard InChI is InChI=1S/C21H27N3O3/c1-26-18-7-5-17(6-8-18)23-12-13-27-16-21(14-23)9-3-11-24(15-21)20(25)19-4-2-10-22-19/h2,4-8,10,22H,3,9,11-16H2,1H3. The van der Waals surface area contributed by atoms with Gasteiger partial charge in [-0.05, 0) is 49.2 Å². The summed E-state index contributed by atoms with van der Waals surface area (Å²) in [6.45, 7) is 4.71. The second-order valence-corrected chi connectivity index (χ2v) is 7.59. The molecular weight excluding hydrogens is 342 g/mol. The lowest BCUT2D eigenvalue weighted by molar-refractivity contribution is 0.0133. The van der Waals surface area contributed by atoms with Crippen molar-refractivity contribution in [3.8, 4) is 5.75 Å². The summed E-state index contributed by atoms with van der Waals surface area (Å²) in [5.74, 6) is 0.944. The molecule has 1 atom stereocenters. The highest BCUT2D eigenvalue weighted by Crippen LogP contribution is 2.35. The monoisotopic (exact) mass is 369 g/mol. The normalized spacial score (nSPS) is 23.3. The van der Waals surface area contributed by atoms with E-state index in [2.05, 4.69) is 22.0 Å². The quantitative estimate of drug-likeness (QED) is 0.904. The number of H-pyrrole nitrogens is 1. The van der Waals surface area contributed by atoms with Crippen LogP contribution in [0.2, 0.25) is 0 Å². The van der Waals surface area contributed by atoms with E-state index in [-0.39, 0.29) is 11.3 Å². The van der Waals surface area contributed by atoms with E-state index >= 15 is 0 Å². The number of hydrogen-bond acceptors (Lipinski definition) is 4. The Balaban J connectivity index is 1.52. The third-order valence-electron chi connectivity index (χ3n) is 5.65. The predicted molar refractivity (Wildman–Crippen MR) is 104 cm³/mol. The van der Waals surface area contributed by atoms with E-state index in [4.69, 9.17) is 9.47 Å². The summed E-state index contributed by atoms with van der Waals surface area (Å²) in [4.78, 5) is 20.2. The highest BCUT2D eigenvalue weighted by Gasteiger charge is 2.40. The van der Waals surface area contributed by atoms with Gasteiger partial charge in [0.05, 0.1) is 20.3 Å². The number of anilines is 1. The fourth-order valence-corrected chi connectivity index (χ4v) is 4.27. The minimum Gasteiger partial charge on any atom is -0.497 e. The van der Waals surface area contributed by atoms with Gasteiger partial charge in [-0.1, -0.05) is 0 Å². The zero-order valence-corrected chi connectivity index (χ0v) is 15.8. The SMILES string of the molecule is COc1ccc(N2CCOCC3(CCCN(C(=O)c4ccc[nH]4)C3)C2)cc1. The van der Waals surface area contributed by atoms with Crippen LogP contribution in [0.1, 0.15) is 23.3 Å². The fourth-order valence-electron chi connectivity index (χ4n) is 4.27. The lowest BCUT2D eigenvalue weighted by Crippen LogP contribution is -2.52. The number of methoxy groups -OCH3 is 1. The molecule has 1 spiro atoms. The van der Waals surface area contributed by atoms with Crippen molar-refractivity contribution in [1.82, 2.24) is 9.88 Å². The molecule has 2 fully saturated rings. The van der Waals surface area contributed by atoms with E-state index in [9.17, 15) is 4.79 Å². The zero-order valence-electron chi connectivity index (χ0n) is 15.8. The summed E-state index contributed by atoms with van der Waals surface area (Å²) in [5, 5.41) is 0. The molecular formula is C21H27N3O3. The van der Waals surface area contributed by atoms with Crippen molar-refractivity contribution >= 4 is 11.6 Å². The number of aromatic amines is 1. The molecule has 2 aliphatic heterocycles. The van der Waals surface area contributed by atoms with Gasteiger partial charge in [0.1, 0.15) is 11.4 Å². The molecule has 2 saturated heterocycles. The van der Waals surface area contributed by atoms with Crippen LogP contribution in [0.25, 0.3) is 0 Å². The summed E-state index contributed by atoms with van der Waals surface area (Å²) in [7, 11) is 1.68. The minimum atomic E-state index is -0.0308. The zero-order chi connectivity index (χ0) is 18.7. The van der Waals surface area contributed by atoms with Gasteiger partial charge < -0.3 is 24.3 Å².